The molecule has 1 fully saturated rings. The van der Waals surface area contributed by atoms with Crippen molar-refractivity contribution < 1.29 is 33.5 Å². The van der Waals surface area contributed by atoms with Crippen molar-refractivity contribution in [2.75, 3.05) is 20.6 Å². The maximum Gasteiger partial charge on any atom is 0.408 e. The summed E-state index contributed by atoms with van der Waals surface area (Å²) in [5.74, 6) is -4.05. The summed E-state index contributed by atoms with van der Waals surface area (Å²) in [4.78, 5) is 77.9. The predicted octanol–water partition coefficient (Wildman–Crippen LogP) is 1.14. The van der Waals surface area contributed by atoms with Crippen LogP contribution in [0.3, 0.4) is 0 Å². The summed E-state index contributed by atoms with van der Waals surface area (Å²) in [5.41, 5.74) is 0.786. The molecule has 1 aliphatic heterocycles. The molecule has 0 spiro atoms. The van der Waals surface area contributed by atoms with Crippen molar-refractivity contribution in [1.29, 1.82) is 0 Å². The van der Waals surface area contributed by atoms with E-state index in [1.54, 1.807) is 26.0 Å². The Morgan fingerprint density at radius 3 is 2.12 bits per heavy atom. The number of amides is 5. The molecule has 41 heavy (non-hydrogen) atoms. The van der Waals surface area contributed by atoms with E-state index in [0.717, 1.165) is 10.5 Å². The molecule has 12 nitrogen and oxygen atoms in total. The van der Waals surface area contributed by atoms with Crippen molar-refractivity contribution in [3.05, 3.63) is 35.9 Å². The second-order valence-electron chi connectivity index (χ2n) is 11.3. The van der Waals surface area contributed by atoms with Gasteiger partial charge in [0.15, 0.2) is 0 Å². The number of nitrogens with one attached hydrogen (secondary N) is 4. The van der Waals surface area contributed by atoms with Gasteiger partial charge in [-0.05, 0) is 36.7 Å². The Morgan fingerprint density at radius 1 is 0.951 bits per heavy atom. The molecule has 1 heterocycles. The summed E-state index contributed by atoms with van der Waals surface area (Å²) in [6.07, 6.45) is -0.118. The van der Waals surface area contributed by atoms with Gasteiger partial charge in [-0.15, -0.1) is 0 Å². The minimum absolute atomic E-state index is 0.0227. The van der Waals surface area contributed by atoms with Gasteiger partial charge in [-0.3, -0.25) is 24.0 Å². The highest BCUT2D eigenvalue weighted by Crippen LogP contribution is 2.18. The van der Waals surface area contributed by atoms with Crippen LogP contribution in [0.5, 0.6) is 0 Å². The topological polar surface area (TPSA) is 163 Å². The van der Waals surface area contributed by atoms with Gasteiger partial charge in [-0.1, -0.05) is 58.0 Å². The van der Waals surface area contributed by atoms with Crippen molar-refractivity contribution in [3.63, 3.8) is 0 Å². The van der Waals surface area contributed by atoms with Crippen molar-refractivity contribution in [2.45, 2.75) is 71.7 Å². The highest BCUT2D eigenvalue weighted by molar-refractivity contribution is 6.38. The zero-order valence-corrected chi connectivity index (χ0v) is 24.7. The van der Waals surface area contributed by atoms with Crippen LogP contribution in [0.4, 0.5) is 4.79 Å². The molecule has 4 N–H and O–H groups in total. The molecule has 0 aliphatic carbocycles. The first-order valence-corrected chi connectivity index (χ1v) is 13.9. The number of hydrogen-bond acceptors (Lipinski definition) is 7. The Kier molecular flexibility index (Phi) is 12.8. The van der Waals surface area contributed by atoms with Crippen LogP contribution in [0.25, 0.3) is 0 Å². The zero-order valence-electron chi connectivity index (χ0n) is 24.7. The Hall–Kier alpha value is -3.96. The maximum absolute atomic E-state index is 13.4. The third-order valence-corrected chi connectivity index (χ3v) is 6.71. The average molecular weight is 574 g/mol. The number of rotatable bonds is 14. The molecular formula is C29H43N5O7. The highest BCUT2D eigenvalue weighted by atomic mass is 16.5. The van der Waals surface area contributed by atoms with Crippen LogP contribution < -0.4 is 21.3 Å². The van der Waals surface area contributed by atoms with E-state index in [1.165, 1.54) is 14.1 Å². The molecule has 0 bridgehead atoms. The van der Waals surface area contributed by atoms with E-state index in [4.69, 9.17) is 4.74 Å². The summed E-state index contributed by atoms with van der Waals surface area (Å²) in [6.45, 7) is 7.70. The Bertz CT molecular complexity index is 1090. The third-order valence-electron chi connectivity index (χ3n) is 6.71. The lowest BCUT2D eigenvalue weighted by molar-refractivity contribution is -0.145. The number of Topliss-reactive ketones (excluding diaryl/α,β-unsaturated/α-hetero) is 1. The number of ether oxygens (including phenoxy) is 1. The molecule has 0 aromatic heterocycles. The molecular weight excluding hydrogens is 530 g/mol. The molecule has 1 aromatic rings. The quantitative estimate of drug-likeness (QED) is 0.243. The van der Waals surface area contributed by atoms with Gasteiger partial charge in [-0.2, -0.15) is 0 Å². The zero-order chi connectivity index (χ0) is 30.7. The monoisotopic (exact) mass is 573 g/mol. The van der Waals surface area contributed by atoms with Crippen LogP contribution in [0, 0.1) is 17.8 Å². The van der Waals surface area contributed by atoms with Crippen molar-refractivity contribution in [1.82, 2.24) is 26.2 Å². The fraction of sp³-hybridized carbons (Fsp3) is 0.586. The Morgan fingerprint density at radius 2 is 1.59 bits per heavy atom. The van der Waals surface area contributed by atoms with Crippen molar-refractivity contribution in [3.8, 4) is 0 Å². The number of nitrogens with zero attached hydrogens (tertiary/aromatic N) is 1. The van der Waals surface area contributed by atoms with Gasteiger partial charge < -0.3 is 30.9 Å². The predicted molar refractivity (Wildman–Crippen MR) is 151 cm³/mol. The van der Waals surface area contributed by atoms with Crippen LogP contribution in [0.1, 0.15) is 52.5 Å². The van der Waals surface area contributed by atoms with E-state index in [2.05, 4.69) is 21.3 Å². The van der Waals surface area contributed by atoms with E-state index in [-0.39, 0.29) is 37.2 Å². The van der Waals surface area contributed by atoms with E-state index >= 15 is 0 Å². The number of alkyl carbamates (subject to hydrolysis) is 1. The first kappa shape index (κ1) is 33.2. The van der Waals surface area contributed by atoms with E-state index in [0.29, 0.717) is 13.0 Å². The van der Waals surface area contributed by atoms with Gasteiger partial charge in [0.2, 0.25) is 23.5 Å². The second-order valence-corrected chi connectivity index (χ2v) is 11.3. The van der Waals surface area contributed by atoms with Crippen LogP contribution in [-0.4, -0.2) is 79.2 Å². The average Bonchev–Trinajstić information content (AvgIpc) is 3.32. The summed E-state index contributed by atoms with van der Waals surface area (Å²) in [7, 11) is 2.85. The van der Waals surface area contributed by atoms with Crippen molar-refractivity contribution >= 4 is 35.5 Å². The van der Waals surface area contributed by atoms with Gasteiger partial charge in [0.1, 0.15) is 18.7 Å². The third kappa shape index (κ3) is 10.5. The SMILES string of the molecule is CC(C)C[C@H](NC(=O)[C@@H](NC(=O)OCc1ccccc1)C(C)C)C(=O)N[C@@H](C[C@@H]1CCNC1=O)C(=O)C(=O)N(C)C. The molecule has 1 aromatic carbocycles. The van der Waals surface area contributed by atoms with E-state index < -0.39 is 53.6 Å². The first-order valence-electron chi connectivity index (χ1n) is 13.9. The van der Waals surface area contributed by atoms with Gasteiger partial charge in [0.25, 0.3) is 5.91 Å². The largest absolute Gasteiger partial charge is 0.445 e. The van der Waals surface area contributed by atoms with Crippen LogP contribution in [-0.2, 0) is 35.3 Å². The standard InChI is InChI=1S/C29H43N5O7/c1-17(2)14-22(26(37)31-21(24(35)28(39)34(5)6)15-20-12-13-30-25(20)36)32-27(38)23(18(3)4)33-29(40)41-16-19-10-8-7-9-11-19/h7-11,17-18,20-23H,12-16H2,1-6H3,(H,30,36)(H,31,37)(H,32,38)(H,33,40)/t20-,21-,22-,23-/m0/s1. The fourth-order valence-electron chi connectivity index (χ4n) is 4.42. The minimum Gasteiger partial charge on any atom is -0.445 e. The molecule has 2 rings (SSSR count). The molecule has 226 valence electrons. The lowest BCUT2D eigenvalue weighted by Gasteiger charge is -2.28. The Balaban J connectivity index is 2.14. The lowest BCUT2D eigenvalue weighted by atomic mass is 9.94. The van der Waals surface area contributed by atoms with Crippen LogP contribution >= 0.6 is 0 Å². The first-order chi connectivity index (χ1) is 19.3. The van der Waals surface area contributed by atoms with Gasteiger partial charge >= 0.3 is 6.09 Å². The molecule has 0 saturated carbocycles. The minimum atomic E-state index is -1.25. The molecule has 1 aliphatic rings. The number of hydrogen-bond donors (Lipinski definition) is 4. The van der Waals surface area contributed by atoms with Gasteiger partial charge in [0.05, 0.1) is 6.04 Å². The number of carbonyl (C=O) groups excluding carboxylic acids is 6. The molecule has 12 heteroatoms. The highest BCUT2D eigenvalue weighted by Gasteiger charge is 2.37. The number of ketones is 1. The molecule has 4 atom stereocenters. The smallest absolute Gasteiger partial charge is 0.408 e. The van der Waals surface area contributed by atoms with E-state index in [9.17, 15) is 28.8 Å². The molecule has 5 amide bonds. The number of benzene rings is 1. The van der Waals surface area contributed by atoms with Crippen LogP contribution in [0.2, 0.25) is 0 Å². The summed E-state index contributed by atoms with van der Waals surface area (Å²) >= 11 is 0. The van der Waals surface area contributed by atoms with E-state index in [1.807, 2.05) is 32.0 Å². The molecule has 1 saturated heterocycles. The summed E-state index contributed by atoms with van der Waals surface area (Å²) < 4.78 is 5.25. The fourth-order valence-corrected chi connectivity index (χ4v) is 4.42. The van der Waals surface area contributed by atoms with Gasteiger partial charge in [-0.25, -0.2) is 4.79 Å². The Labute approximate surface area is 241 Å². The maximum atomic E-state index is 13.4. The van der Waals surface area contributed by atoms with Crippen LogP contribution in [0.15, 0.2) is 30.3 Å². The second kappa shape index (κ2) is 15.7. The summed E-state index contributed by atoms with van der Waals surface area (Å²) in [5, 5.41) is 10.6. The summed E-state index contributed by atoms with van der Waals surface area (Å²) in [6, 6.07) is 5.77. The van der Waals surface area contributed by atoms with Gasteiger partial charge in [0, 0.05) is 26.6 Å². The van der Waals surface area contributed by atoms with Crippen molar-refractivity contribution in [2.24, 2.45) is 17.8 Å². The normalized spacial score (nSPS) is 16.8. The number of carbonyl (C=O) groups is 6. The molecule has 0 unspecified atom stereocenters. The molecule has 0 radical (unpaired) electrons. The number of likely N-dealkylation sites (N-methyl/N-ethyl adjacent to an activating group) is 1. The lowest BCUT2D eigenvalue weighted by Crippen LogP contribution is -2.58.